The number of hydrogen-bond donors (Lipinski definition) is 1. The van der Waals surface area contributed by atoms with Gasteiger partial charge in [0.25, 0.3) is 5.91 Å². The number of carbonyl (C=O) groups is 1. The van der Waals surface area contributed by atoms with E-state index in [0.29, 0.717) is 15.6 Å². The summed E-state index contributed by atoms with van der Waals surface area (Å²) in [5, 5.41) is 8.42. The summed E-state index contributed by atoms with van der Waals surface area (Å²) in [5.74, 6) is -0.165. The van der Waals surface area contributed by atoms with Gasteiger partial charge in [-0.15, -0.1) is 11.8 Å². The Morgan fingerprint density at radius 1 is 1.21 bits per heavy atom. The van der Waals surface area contributed by atoms with E-state index in [1.807, 2.05) is 31.6 Å². The summed E-state index contributed by atoms with van der Waals surface area (Å²) in [4.78, 5) is 18.4. The quantitative estimate of drug-likeness (QED) is 0.458. The zero-order valence-corrected chi connectivity index (χ0v) is 18.8. The van der Waals surface area contributed by atoms with E-state index in [2.05, 4.69) is 28.4 Å². The van der Waals surface area contributed by atoms with Gasteiger partial charge in [-0.1, -0.05) is 36.5 Å². The van der Waals surface area contributed by atoms with E-state index < -0.39 is 0 Å². The van der Waals surface area contributed by atoms with Crippen LogP contribution in [0.25, 0.3) is 5.69 Å². The lowest BCUT2D eigenvalue weighted by Crippen LogP contribution is -2.29. The van der Waals surface area contributed by atoms with E-state index in [0.717, 1.165) is 34.7 Å². The minimum atomic E-state index is -0.165. The molecule has 5 nitrogen and oxygen atoms in total. The number of pyridine rings is 1. The number of rotatable bonds is 7. The smallest absolute Gasteiger partial charge is 0.255 e. The van der Waals surface area contributed by atoms with Gasteiger partial charge in [0.15, 0.2) is 0 Å². The number of amides is 1. The third-order valence-electron chi connectivity index (χ3n) is 4.66. The fraction of sp³-hybridized carbons (Fsp3) is 0.286. The molecule has 8 heteroatoms. The minimum absolute atomic E-state index is 0.111. The maximum absolute atomic E-state index is 13.0. The van der Waals surface area contributed by atoms with Crippen LogP contribution in [0.1, 0.15) is 47.4 Å². The highest BCUT2D eigenvalue weighted by Gasteiger charge is 2.20. The number of benzene rings is 1. The summed E-state index contributed by atoms with van der Waals surface area (Å²) in [6.45, 7) is 3.95. The Labute approximate surface area is 184 Å². The van der Waals surface area contributed by atoms with Crippen LogP contribution in [0.2, 0.25) is 10.0 Å². The summed E-state index contributed by atoms with van der Waals surface area (Å²) < 4.78 is 1.68. The van der Waals surface area contributed by atoms with E-state index in [1.165, 1.54) is 0 Å². The van der Waals surface area contributed by atoms with Crippen LogP contribution in [0.4, 0.5) is 0 Å². The molecule has 1 amide bonds. The Morgan fingerprint density at radius 2 is 2.00 bits per heavy atom. The highest BCUT2D eigenvalue weighted by molar-refractivity contribution is 7.98. The van der Waals surface area contributed by atoms with Crippen LogP contribution in [0.5, 0.6) is 0 Å². The first kappa shape index (κ1) is 21.7. The van der Waals surface area contributed by atoms with E-state index in [9.17, 15) is 4.79 Å². The summed E-state index contributed by atoms with van der Waals surface area (Å²) in [5.41, 5.74) is 3.00. The Morgan fingerprint density at radius 3 is 2.69 bits per heavy atom. The van der Waals surface area contributed by atoms with Crippen LogP contribution < -0.4 is 5.32 Å². The second-order valence-corrected chi connectivity index (χ2v) is 8.32. The van der Waals surface area contributed by atoms with Crippen LogP contribution in [-0.2, 0) is 0 Å². The van der Waals surface area contributed by atoms with Gasteiger partial charge < -0.3 is 5.32 Å². The van der Waals surface area contributed by atoms with Gasteiger partial charge in [0.05, 0.1) is 39.2 Å². The van der Waals surface area contributed by atoms with Crippen molar-refractivity contribution in [2.45, 2.75) is 37.6 Å². The third kappa shape index (κ3) is 4.94. The number of aromatic nitrogens is 3. The molecule has 29 heavy (non-hydrogen) atoms. The van der Waals surface area contributed by atoms with Crippen LogP contribution in [0, 0.1) is 6.92 Å². The zero-order valence-electron chi connectivity index (χ0n) is 16.4. The second kappa shape index (κ2) is 9.65. The van der Waals surface area contributed by atoms with Crippen molar-refractivity contribution in [1.82, 2.24) is 20.1 Å². The van der Waals surface area contributed by atoms with Crippen LogP contribution in [-0.4, -0.2) is 26.9 Å². The first-order chi connectivity index (χ1) is 13.9. The van der Waals surface area contributed by atoms with Crippen LogP contribution in [0.15, 0.2) is 47.8 Å². The van der Waals surface area contributed by atoms with Crippen molar-refractivity contribution in [2.75, 3.05) is 6.26 Å². The molecule has 0 aliphatic heterocycles. The first-order valence-corrected chi connectivity index (χ1v) is 11.2. The lowest BCUT2D eigenvalue weighted by atomic mass is 10.0. The Hall–Kier alpha value is -2.02. The zero-order chi connectivity index (χ0) is 21.0. The molecule has 0 radical (unpaired) electrons. The van der Waals surface area contributed by atoms with Crippen molar-refractivity contribution in [3.05, 3.63) is 69.7 Å². The maximum atomic E-state index is 13.0. The summed E-state index contributed by atoms with van der Waals surface area (Å²) >= 11 is 13.8. The van der Waals surface area contributed by atoms with Crippen LogP contribution in [0.3, 0.4) is 0 Å². The van der Waals surface area contributed by atoms with E-state index in [-0.39, 0.29) is 11.9 Å². The number of hydrogen-bond acceptors (Lipinski definition) is 4. The summed E-state index contributed by atoms with van der Waals surface area (Å²) in [6, 6.07) is 7.22. The molecule has 0 saturated carbocycles. The molecule has 0 bridgehead atoms. The van der Waals surface area contributed by atoms with Gasteiger partial charge in [0, 0.05) is 17.3 Å². The highest BCUT2D eigenvalue weighted by Crippen LogP contribution is 2.26. The van der Waals surface area contributed by atoms with Crippen molar-refractivity contribution < 1.29 is 4.79 Å². The molecular formula is C21H22Cl2N4OS. The topological polar surface area (TPSA) is 59.8 Å². The molecule has 2 aromatic heterocycles. The lowest BCUT2D eigenvalue weighted by Gasteiger charge is -2.19. The van der Waals surface area contributed by atoms with Gasteiger partial charge in [-0.25, -0.2) is 4.68 Å². The normalized spacial score (nSPS) is 12.0. The number of halogens is 2. The molecule has 0 spiro atoms. The molecule has 3 rings (SSSR count). The van der Waals surface area contributed by atoms with Crippen LogP contribution >= 0.6 is 35.0 Å². The van der Waals surface area contributed by atoms with Crippen molar-refractivity contribution in [2.24, 2.45) is 0 Å². The number of nitrogens with one attached hydrogen (secondary N) is 1. The second-order valence-electron chi connectivity index (χ2n) is 6.63. The molecule has 1 aromatic carbocycles. The van der Waals surface area contributed by atoms with E-state index >= 15 is 0 Å². The van der Waals surface area contributed by atoms with E-state index in [4.69, 9.17) is 23.2 Å². The van der Waals surface area contributed by atoms with Crippen molar-refractivity contribution >= 4 is 40.9 Å². The molecule has 1 atom stereocenters. The fourth-order valence-electron chi connectivity index (χ4n) is 3.09. The molecule has 1 unspecified atom stereocenters. The molecule has 3 aromatic rings. The predicted molar refractivity (Wildman–Crippen MR) is 119 cm³/mol. The molecular weight excluding hydrogens is 427 g/mol. The average molecular weight is 449 g/mol. The molecule has 0 aliphatic carbocycles. The Kier molecular flexibility index (Phi) is 7.22. The molecule has 0 saturated heterocycles. The Bertz CT molecular complexity index is 1020. The average Bonchev–Trinajstić information content (AvgIpc) is 3.11. The van der Waals surface area contributed by atoms with Gasteiger partial charge >= 0.3 is 0 Å². The van der Waals surface area contributed by atoms with Gasteiger partial charge in [-0.2, -0.15) is 5.10 Å². The molecule has 152 valence electrons. The molecule has 2 heterocycles. The molecule has 0 aliphatic rings. The summed E-state index contributed by atoms with van der Waals surface area (Å²) in [7, 11) is 0. The van der Waals surface area contributed by atoms with Gasteiger partial charge in [-0.3, -0.25) is 9.78 Å². The van der Waals surface area contributed by atoms with Crippen molar-refractivity contribution in [3.8, 4) is 5.69 Å². The monoisotopic (exact) mass is 448 g/mol. The number of thioether (sulfide) groups is 1. The lowest BCUT2D eigenvalue weighted by molar-refractivity contribution is 0.0933. The highest BCUT2D eigenvalue weighted by atomic mass is 35.5. The van der Waals surface area contributed by atoms with Gasteiger partial charge in [-0.05, 0) is 49.4 Å². The first-order valence-electron chi connectivity index (χ1n) is 9.24. The predicted octanol–water partition coefficient (Wildman–Crippen LogP) is 5.88. The standard InChI is InChI=1S/C21H22Cl2N4OS/c1-4-5-20(14-8-16(29-3)11-24-10-14)26-21(28)17-12-25-27(13(17)2)15-6-7-18(22)19(23)9-15/h6-12,20H,4-5H2,1-3H3,(H,26,28). The van der Waals surface area contributed by atoms with Gasteiger partial charge in [0.2, 0.25) is 0 Å². The van der Waals surface area contributed by atoms with Crippen molar-refractivity contribution in [1.29, 1.82) is 0 Å². The molecule has 1 N–H and O–H groups in total. The number of carbonyl (C=O) groups excluding carboxylic acids is 1. The maximum Gasteiger partial charge on any atom is 0.255 e. The molecule has 0 fully saturated rings. The van der Waals surface area contributed by atoms with Crippen molar-refractivity contribution in [3.63, 3.8) is 0 Å². The largest absolute Gasteiger partial charge is 0.345 e. The Balaban J connectivity index is 1.85. The fourth-order valence-corrected chi connectivity index (χ4v) is 3.81. The summed E-state index contributed by atoms with van der Waals surface area (Å²) in [6.07, 6.45) is 8.99. The SMILES string of the molecule is CCCC(NC(=O)c1cnn(-c2ccc(Cl)c(Cl)c2)c1C)c1cncc(SC)c1. The van der Waals surface area contributed by atoms with E-state index in [1.54, 1.807) is 34.8 Å². The van der Waals surface area contributed by atoms with Gasteiger partial charge in [0.1, 0.15) is 0 Å². The minimum Gasteiger partial charge on any atom is -0.345 e. The third-order valence-corrected chi connectivity index (χ3v) is 6.09. The number of nitrogens with zero attached hydrogens (tertiary/aromatic N) is 3.